The quantitative estimate of drug-likeness (QED) is 0.616. The summed E-state index contributed by atoms with van der Waals surface area (Å²) in [4.78, 5) is 22.8. The van der Waals surface area contributed by atoms with Gasteiger partial charge in [0.1, 0.15) is 0 Å². The molecule has 0 aliphatic carbocycles. The van der Waals surface area contributed by atoms with E-state index in [1.54, 1.807) is 23.7 Å². The van der Waals surface area contributed by atoms with Crippen molar-refractivity contribution < 1.29 is 18.7 Å². The minimum Gasteiger partial charge on any atom is -0.468 e. The third-order valence-corrected chi connectivity index (χ3v) is 3.62. The fraction of sp³-hybridized carbons (Fsp3) is 0.333. The first-order chi connectivity index (χ1) is 10.1. The van der Waals surface area contributed by atoms with Gasteiger partial charge in [0.05, 0.1) is 25.7 Å². The number of hydrogen-bond acceptors (Lipinski definition) is 7. The number of amides is 1. The smallest absolute Gasteiger partial charge is 0.316 e. The second-order valence-corrected chi connectivity index (χ2v) is 4.93. The molecule has 0 saturated carbocycles. The average molecular weight is 310 g/mol. The van der Waals surface area contributed by atoms with Crippen molar-refractivity contribution in [1.82, 2.24) is 20.1 Å². The molecule has 0 radical (unpaired) electrons. The summed E-state index contributed by atoms with van der Waals surface area (Å²) in [6.07, 6.45) is 1.43. The molecule has 0 aliphatic rings. The van der Waals surface area contributed by atoms with Gasteiger partial charge in [-0.2, -0.15) is 0 Å². The first-order valence-corrected chi connectivity index (χ1v) is 7.00. The lowest BCUT2D eigenvalue weighted by Gasteiger charge is -2.04. The molecule has 0 fully saturated rings. The highest BCUT2D eigenvalue weighted by atomic mass is 32.2. The maximum absolute atomic E-state index is 11.7. The molecule has 1 N–H and O–H groups in total. The predicted molar refractivity (Wildman–Crippen MR) is 73.6 cm³/mol. The summed E-state index contributed by atoms with van der Waals surface area (Å²) in [5.74, 6) is 0.295. The summed E-state index contributed by atoms with van der Waals surface area (Å²) in [5, 5.41) is 11.2. The molecule has 9 heteroatoms. The molecule has 112 valence electrons. The molecule has 21 heavy (non-hydrogen) atoms. The number of carbonyl (C=O) groups is 2. The van der Waals surface area contributed by atoms with Crippen LogP contribution in [-0.2, 0) is 23.1 Å². The van der Waals surface area contributed by atoms with Gasteiger partial charge in [-0.1, -0.05) is 11.8 Å². The van der Waals surface area contributed by atoms with Crippen LogP contribution in [0.3, 0.4) is 0 Å². The summed E-state index contributed by atoms with van der Waals surface area (Å²) in [6, 6.07) is 3.21. The van der Waals surface area contributed by atoms with Crippen molar-refractivity contribution in [2.75, 3.05) is 12.9 Å². The van der Waals surface area contributed by atoms with Gasteiger partial charge >= 0.3 is 5.97 Å². The second kappa shape index (κ2) is 6.93. The molecule has 2 heterocycles. The van der Waals surface area contributed by atoms with Gasteiger partial charge in [-0.15, -0.1) is 10.2 Å². The van der Waals surface area contributed by atoms with Gasteiger partial charge in [0, 0.05) is 7.05 Å². The molecule has 2 rings (SSSR count). The molecular formula is C12H14N4O4S. The molecular weight excluding hydrogens is 296 g/mol. The Hall–Kier alpha value is -2.29. The summed E-state index contributed by atoms with van der Waals surface area (Å²) >= 11 is 1.22. The Labute approximate surface area is 124 Å². The Morgan fingerprint density at radius 1 is 1.48 bits per heavy atom. The maximum atomic E-state index is 11.7. The first-order valence-electron chi connectivity index (χ1n) is 6.01. The number of aromatic nitrogens is 3. The summed E-state index contributed by atoms with van der Waals surface area (Å²) in [6.45, 7) is 0.210. The van der Waals surface area contributed by atoms with Crippen molar-refractivity contribution in [2.45, 2.75) is 11.7 Å². The number of thioether (sulfide) groups is 1. The maximum Gasteiger partial charge on any atom is 0.316 e. The fourth-order valence-corrected chi connectivity index (χ4v) is 2.22. The van der Waals surface area contributed by atoms with Gasteiger partial charge < -0.3 is 19.0 Å². The number of carbonyl (C=O) groups excluding carboxylic acids is 2. The van der Waals surface area contributed by atoms with E-state index in [9.17, 15) is 9.59 Å². The van der Waals surface area contributed by atoms with Crippen LogP contribution in [-0.4, -0.2) is 39.5 Å². The Morgan fingerprint density at radius 2 is 2.29 bits per heavy atom. The van der Waals surface area contributed by atoms with E-state index >= 15 is 0 Å². The third-order valence-electron chi connectivity index (χ3n) is 2.62. The van der Waals surface area contributed by atoms with Crippen LogP contribution in [0.4, 0.5) is 0 Å². The van der Waals surface area contributed by atoms with Crippen LogP contribution in [0.1, 0.15) is 16.4 Å². The molecule has 1 amide bonds. The van der Waals surface area contributed by atoms with Crippen LogP contribution in [0.5, 0.6) is 0 Å². The van der Waals surface area contributed by atoms with Crippen LogP contribution < -0.4 is 5.32 Å². The average Bonchev–Trinajstić information content (AvgIpc) is 3.13. The molecule has 0 atom stereocenters. The number of esters is 1. The van der Waals surface area contributed by atoms with Crippen molar-refractivity contribution in [2.24, 2.45) is 7.05 Å². The minimum absolute atomic E-state index is 0.154. The third kappa shape index (κ3) is 3.85. The van der Waals surface area contributed by atoms with Crippen molar-refractivity contribution in [3.05, 3.63) is 30.0 Å². The van der Waals surface area contributed by atoms with E-state index in [1.165, 1.54) is 25.1 Å². The zero-order valence-electron chi connectivity index (χ0n) is 11.5. The number of nitrogens with one attached hydrogen (secondary N) is 1. The Morgan fingerprint density at radius 3 is 2.95 bits per heavy atom. The normalized spacial score (nSPS) is 10.4. The van der Waals surface area contributed by atoms with Crippen LogP contribution in [0.15, 0.2) is 28.0 Å². The van der Waals surface area contributed by atoms with E-state index in [0.717, 1.165) is 0 Å². The molecule has 0 aliphatic heterocycles. The highest BCUT2D eigenvalue weighted by Gasteiger charge is 2.13. The molecule has 0 spiro atoms. The van der Waals surface area contributed by atoms with E-state index in [1.807, 2.05) is 0 Å². The zero-order chi connectivity index (χ0) is 15.2. The number of furan rings is 1. The van der Waals surface area contributed by atoms with E-state index in [0.29, 0.717) is 11.0 Å². The van der Waals surface area contributed by atoms with Crippen LogP contribution in [0, 0.1) is 0 Å². The molecule has 2 aromatic rings. The standard InChI is InChI=1S/C12H14N4O4S/c1-16-9(6-13-11(18)8-4-3-5-20-8)14-15-12(16)21-7-10(17)19-2/h3-5H,6-7H2,1-2H3,(H,13,18). The first kappa shape index (κ1) is 15.1. The Balaban J connectivity index is 1.91. The fourth-order valence-electron chi connectivity index (χ4n) is 1.46. The Kier molecular flexibility index (Phi) is 4.99. The van der Waals surface area contributed by atoms with Gasteiger partial charge in [-0.05, 0) is 12.1 Å². The van der Waals surface area contributed by atoms with Crippen molar-refractivity contribution >= 4 is 23.6 Å². The molecule has 0 bridgehead atoms. The van der Waals surface area contributed by atoms with E-state index in [4.69, 9.17) is 4.42 Å². The monoisotopic (exact) mass is 310 g/mol. The highest BCUT2D eigenvalue weighted by Crippen LogP contribution is 2.15. The van der Waals surface area contributed by atoms with Crippen molar-refractivity contribution in [3.63, 3.8) is 0 Å². The summed E-state index contributed by atoms with van der Waals surface area (Å²) in [5.41, 5.74) is 0. The Bertz CT molecular complexity index is 623. The van der Waals surface area contributed by atoms with Crippen molar-refractivity contribution in [1.29, 1.82) is 0 Å². The summed E-state index contributed by atoms with van der Waals surface area (Å²) in [7, 11) is 3.09. The van der Waals surface area contributed by atoms with Crippen LogP contribution in [0.2, 0.25) is 0 Å². The summed E-state index contributed by atoms with van der Waals surface area (Å²) < 4.78 is 11.2. The van der Waals surface area contributed by atoms with Gasteiger partial charge in [0.2, 0.25) is 0 Å². The van der Waals surface area contributed by atoms with Gasteiger partial charge in [0.15, 0.2) is 16.7 Å². The zero-order valence-corrected chi connectivity index (χ0v) is 12.3. The lowest BCUT2D eigenvalue weighted by atomic mass is 10.4. The van der Waals surface area contributed by atoms with Crippen LogP contribution in [0.25, 0.3) is 0 Å². The lowest BCUT2D eigenvalue weighted by molar-refractivity contribution is -0.137. The van der Waals surface area contributed by atoms with Crippen molar-refractivity contribution in [3.8, 4) is 0 Å². The molecule has 2 aromatic heterocycles. The van der Waals surface area contributed by atoms with E-state index in [2.05, 4.69) is 20.3 Å². The van der Waals surface area contributed by atoms with Crippen LogP contribution >= 0.6 is 11.8 Å². The number of methoxy groups -OCH3 is 1. The number of rotatable bonds is 6. The van der Waals surface area contributed by atoms with Gasteiger partial charge in [0.25, 0.3) is 5.91 Å². The predicted octanol–water partition coefficient (Wildman–Crippen LogP) is 0.603. The molecule has 0 saturated heterocycles. The topological polar surface area (TPSA) is 99.2 Å². The van der Waals surface area contributed by atoms with Gasteiger partial charge in [-0.25, -0.2) is 0 Å². The van der Waals surface area contributed by atoms with Gasteiger partial charge in [-0.3, -0.25) is 9.59 Å². The van der Waals surface area contributed by atoms with E-state index in [-0.39, 0.29) is 29.9 Å². The molecule has 8 nitrogen and oxygen atoms in total. The molecule has 0 aromatic carbocycles. The van der Waals surface area contributed by atoms with E-state index < -0.39 is 0 Å². The second-order valence-electron chi connectivity index (χ2n) is 3.98. The highest BCUT2D eigenvalue weighted by molar-refractivity contribution is 7.99. The largest absolute Gasteiger partial charge is 0.468 e. The number of nitrogens with zero attached hydrogens (tertiary/aromatic N) is 3. The molecule has 0 unspecified atom stereocenters. The number of ether oxygens (including phenoxy) is 1. The minimum atomic E-state index is -0.337. The number of hydrogen-bond donors (Lipinski definition) is 1. The lowest BCUT2D eigenvalue weighted by Crippen LogP contribution is -2.24. The SMILES string of the molecule is COC(=O)CSc1nnc(CNC(=O)c2ccco2)n1C.